The van der Waals surface area contributed by atoms with Crippen LogP contribution in [0.25, 0.3) is 0 Å². The van der Waals surface area contributed by atoms with Gasteiger partial charge in [0.2, 0.25) is 6.29 Å². The van der Waals surface area contributed by atoms with Crippen molar-refractivity contribution in [3.05, 3.63) is 11.6 Å². The second-order valence-corrected chi connectivity index (χ2v) is 35.0. The van der Waals surface area contributed by atoms with Crippen LogP contribution in [0.15, 0.2) is 11.6 Å². The normalized spacial score (nSPS) is 53.9. The molecule has 5 aliphatic carbocycles. The van der Waals surface area contributed by atoms with Gasteiger partial charge in [-0.2, -0.15) is 0 Å². The number of carbonyl (C=O) groups excluding carboxylic acids is 3. The van der Waals surface area contributed by atoms with Crippen molar-refractivity contribution in [3.8, 4) is 0 Å². The van der Waals surface area contributed by atoms with Gasteiger partial charge in [0.15, 0.2) is 56.1 Å². The first-order chi connectivity index (χ1) is 52.9. The summed E-state index contributed by atoms with van der Waals surface area (Å²) in [5.41, 5.74) is -5.46. The number of aliphatic hydroxyl groups excluding tert-OH is 19. The molecule has 39 nitrogen and oxygen atoms in total. The van der Waals surface area contributed by atoms with E-state index in [1.165, 1.54) is 20.8 Å². The van der Waals surface area contributed by atoms with Crippen LogP contribution in [-0.4, -0.2) is 373 Å². The van der Waals surface area contributed by atoms with Gasteiger partial charge in [-0.15, -0.1) is 0 Å². The number of hydrogen-bond donors (Lipinski definition) is 20. The van der Waals surface area contributed by atoms with Crippen LogP contribution in [0, 0.1) is 50.2 Å². The first kappa shape index (κ1) is 88.8. The van der Waals surface area contributed by atoms with Gasteiger partial charge in [0.1, 0.15) is 146 Å². The smallest absolute Gasteiger partial charge is 0.335 e. The van der Waals surface area contributed by atoms with Crippen molar-refractivity contribution in [2.75, 3.05) is 19.8 Å². The molecule has 12 aliphatic rings. The quantitative estimate of drug-likeness (QED) is 0.0233. The SMILES string of the molecule is CC(=O)OC1C(C)OC(OC(=O)C23CCC(C)(C)CC2C2=CCC4C5(C)CCC(OC6OC(C(=O)O)C(O)C(OC7OC(C)C(O)C(O)C7O)C6OC6OC(CO)C(O)C(O)C6O)C(C)(C=O)C5CCC4(C)C2(C)CC3O)C(OC2OC(C)C(O)C(OC3OC(CO)C(O)C(O)C3O)C2O)C1OC1OC(CO)C(O)C(O)C1O. The minimum absolute atomic E-state index is 0.0174. The van der Waals surface area contributed by atoms with Gasteiger partial charge in [0.05, 0.1) is 55.8 Å². The van der Waals surface area contributed by atoms with Crippen molar-refractivity contribution in [3.63, 3.8) is 0 Å². The number of allylic oxidation sites excluding steroid dienone is 2. The maximum Gasteiger partial charge on any atom is 0.335 e. The molecule has 0 radical (unpaired) electrons. The zero-order valence-corrected chi connectivity index (χ0v) is 64.4. The van der Waals surface area contributed by atoms with E-state index in [0.29, 0.717) is 38.5 Å². The molecular formula is C74H116O39. The number of fused-ring (bicyclic) bond motifs is 7. The summed E-state index contributed by atoms with van der Waals surface area (Å²) in [6, 6.07) is 0. The van der Waals surface area contributed by atoms with Crippen LogP contribution in [0.1, 0.15) is 127 Å². The number of aliphatic hydroxyl groups is 19. The highest BCUT2D eigenvalue weighted by molar-refractivity contribution is 5.80. The molecule has 7 saturated heterocycles. The van der Waals surface area contributed by atoms with E-state index in [2.05, 4.69) is 26.8 Å². The van der Waals surface area contributed by atoms with Gasteiger partial charge in [-0.3, -0.25) is 9.59 Å². The highest BCUT2D eigenvalue weighted by Gasteiger charge is 2.74. The molecule has 0 bridgehead atoms. The Hall–Kier alpha value is -3.46. The summed E-state index contributed by atoms with van der Waals surface area (Å²) >= 11 is 0. The van der Waals surface area contributed by atoms with Crippen molar-refractivity contribution >= 4 is 24.2 Å². The van der Waals surface area contributed by atoms with E-state index in [-0.39, 0.29) is 25.2 Å². The molecule has 646 valence electrons. The van der Waals surface area contributed by atoms with Crippen molar-refractivity contribution in [2.45, 2.75) is 354 Å². The summed E-state index contributed by atoms with van der Waals surface area (Å²) in [4.78, 5) is 57.0. The Balaban J connectivity index is 0.862. The van der Waals surface area contributed by atoms with Gasteiger partial charge < -0.3 is 178 Å². The highest BCUT2D eigenvalue weighted by atomic mass is 16.8. The fraction of sp³-hybridized carbons (Fsp3) is 0.919. The predicted molar refractivity (Wildman–Crippen MR) is 368 cm³/mol. The molecule has 12 rings (SSSR count). The minimum Gasteiger partial charge on any atom is -0.479 e. The molecule has 39 heteroatoms. The maximum absolute atomic E-state index is 16.3. The number of aliphatic carboxylic acids is 1. The first-order valence-corrected chi connectivity index (χ1v) is 38.9. The Labute approximate surface area is 650 Å². The molecule has 45 atom stereocenters. The predicted octanol–water partition coefficient (Wildman–Crippen LogP) is -6.67. The average molecular weight is 1630 g/mol. The molecule has 20 N–H and O–H groups in total. The van der Waals surface area contributed by atoms with Gasteiger partial charge in [-0.1, -0.05) is 53.2 Å². The zero-order valence-electron chi connectivity index (χ0n) is 64.4. The molecule has 7 aliphatic heterocycles. The van der Waals surface area contributed by atoms with E-state index >= 15 is 4.79 Å². The lowest BCUT2D eigenvalue weighted by Crippen LogP contribution is -2.70. The summed E-state index contributed by atoms with van der Waals surface area (Å²) in [5, 5.41) is 221. The van der Waals surface area contributed by atoms with E-state index < -0.39 is 309 Å². The molecule has 0 aromatic heterocycles. The third-order valence-corrected chi connectivity index (χ3v) is 27.9. The average Bonchev–Trinajstić information content (AvgIpc) is 0.669. The molecule has 4 saturated carbocycles. The second-order valence-electron chi connectivity index (χ2n) is 35.0. The molecule has 0 aromatic rings. The largest absolute Gasteiger partial charge is 0.479 e. The van der Waals surface area contributed by atoms with E-state index in [1.807, 2.05) is 13.8 Å². The fourth-order valence-corrected chi connectivity index (χ4v) is 21.0. The molecule has 0 amide bonds. The van der Waals surface area contributed by atoms with Crippen LogP contribution in [0.2, 0.25) is 0 Å². The van der Waals surface area contributed by atoms with Crippen molar-refractivity contribution in [2.24, 2.45) is 50.2 Å². The Bertz CT molecular complexity index is 3350. The van der Waals surface area contributed by atoms with Crippen molar-refractivity contribution < 1.29 is 192 Å². The van der Waals surface area contributed by atoms with Crippen molar-refractivity contribution in [1.29, 1.82) is 0 Å². The van der Waals surface area contributed by atoms with E-state index in [1.54, 1.807) is 6.92 Å². The molecule has 113 heavy (non-hydrogen) atoms. The van der Waals surface area contributed by atoms with Crippen molar-refractivity contribution in [1.82, 2.24) is 0 Å². The van der Waals surface area contributed by atoms with Gasteiger partial charge in [0, 0.05) is 6.92 Å². The second kappa shape index (κ2) is 33.5. The van der Waals surface area contributed by atoms with Crippen LogP contribution >= 0.6 is 0 Å². The lowest BCUT2D eigenvalue weighted by atomic mass is 9.33. The Morgan fingerprint density at radius 3 is 1.43 bits per heavy atom. The number of aldehydes is 1. The molecule has 0 spiro atoms. The van der Waals surface area contributed by atoms with E-state index in [4.69, 9.17) is 71.1 Å². The van der Waals surface area contributed by atoms with E-state index in [0.717, 1.165) is 18.8 Å². The first-order valence-electron chi connectivity index (χ1n) is 38.9. The number of rotatable bonds is 20. The molecule has 11 fully saturated rings. The summed E-state index contributed by atoms with van der Waals surface area (Å²) < 4.78 is 92.0. The number of carbonyl (C=O) groups is 4. The highest BCUT2D eigenvalue weighted by Crippen LogP contribution is 2.76. The third kappa shape index (κ3) is 15.4. The number of carboxylic acid groups (broad SMARTS) is 1. The lowest BCUT2D eigenvalue weighted by molar-refractivity contribution is -0.394. The van der Waals surface area contributed by atoms with Crippen LogP contribution in [-0.2, 0) is 90.2 Å². The lowest BCUT2D eigenvalue weighted by Gasteiger charge is -2.71. The van der Waals surface area contributed by atoms with Crippen LogP contribution < -0.4 is 0 Å². The Kier molecular flexibility index (Phi) is 26.3. The standard InChI is InChI=1S/C74H116O39/c1-25-38(81)43(86)47(90)61(99-25)108-55-51(94)56(60(96)97)109-67(58(55)111-64-50(93)46(89)42(85)33(23-77)105-64)106-37-14-15-70(7)34(71(37,8)24-78)13-16-72(9)35(70)12-11-29-30-19-69(5,6)17-18-74(30,36(80)20-73(29,72)10)68(98)113-66-59(57(53(27(3)101-66)102-28(4)79)110-63-49(92)45(88)41(84)32(22-76)104-63)112-65-52(95)54(39(82)26(2)100-65)107-62-48(91)44(87)40(83)31(21-75)103-62/h11,24-27,30-59,61-67,75-77,80-95H,12-23H2,1-10H3,(H,96,97). The Morgan fingerprint density at radius 2 is 0.920 bits per heavy atom. The molecule has 45 unspecified atom stereocenters. The summed E-state index contributed by atoms with van der Waals surface area (Å²) in [7, 11) is 0. The molecule has 0 aromatic carbocycles. The topological polar surface area (TPSA) is 611 Å². The fourth-order valence-electron chi connectivity index (χ4n) is 21.0. The minimum atomic E-state index is -2.26. The third-order valence-electron chi connectivity index (χ3n) is 27.9. The summed E-state index contributed by atoms with van der Waals surface area (Å²) in [6.07, 6.45) is -64.0. The van der Waals surface area contributed by atoms with Crippen LogP contribution in [0.4, 0.5) is 0 Å². The van der Waals surface area contributed by atoms with Gasteiger partial charge >= 0.3 is 17.9 Å². The maximum atomic E-state index is 16.3. The van der Waals surface area contributed by atoms with Gasteiger partial charge in [-0.05, 0) is 118 Å². The van der Waals surface area contributed by atoms with E-state index in [9.17, 15) is 117 Å². The number of carboxylic acids is 1. The molecular weight excluding hydrogens is 1510 g/mol. The number of hydrogen-bond acceptors (Lipinski definition) is 38. The van der Waals surface area contributed by atoms with Crippen LogP contribution in [0.5, 0.6) is 0 Å². The Morgan fingerprint density at radius 1 is 0.451 bits per heavy atom. The van der Waals surface area contributed by atoms with Gasteiger partial charge in [0.25, 0.3) is 0 Å². The van der Waals surface area contributed by atoms with Crippen LogP contribution in [0.3, 0.4) is 0 Å². The summed E-state index contributed by atoms with van der Waals surface area (Å²) in [5.74, 6) is -5.38. The summed E-state index contributed by atoms with van der Waals surface area (Å²) in [6.45, 7) is 14.4. The number of esters is 2. The number of ether oxygens (including phenoxy) is 15. The zero-order chi connectivity index (χ0) is 82.9. The monoisotopic (exact) mass is 1630 g/mol. The van der Waals surface area contributed by atoms with Gasteiger partial charge in [-0.25, -0.2) is 4.79 Å². The molecule has 7 heterocycles.